The summed E-state index contributed by atoms with van der Waals surface area (Å²) in [6.45, 7) is 4.65. The molecule has 0 saturated carbocycles. The molecule has 1 aromatic heterocycles. The van der Waals surface area contributed by atoms with Gasteiger partial charge in [-0.25, -0.2) is 4.98 Å². The molecule has 21 heavy (non-hydrogen) atoms. The van der Waals surface area contributed by atoms with Gasteiger partial charge in [0.2, 0.25) is 0 Å². The fraction of sp³-hybridized carbons (Fsp3) is 0.200. The predicted molar refractivity (Wildman–Crippen MR) is 90.2 cm³/mol. The Morgan fingerprint density at radius 3 is 2.76 bits per heavy atom. The van der Waals surface area contributed by atoms with E-state index in [1.165, 1.54) is 6.20 Å². The molecule has 1 amide bonds. The minimum absolute atomic E-state index is 0.253. The normalized spacial score (nSPS) is 10.3. The highest BCUT2D eigenvalue weighted by Gasteiger charge is 2.11. The number of benzene rings is 1. The third kappa shape index (κ3) is 3.95. The van der Waals surface area contributed by atoms with E-state index in [0.29, 0.717) is 28.6 Å². The zero-order chi connectivity index (χ0) is 15.4. The highest BCUT2D eigenvalue weighted by molar-refractivity contribution is 9.10. The minimum Gasteiger partial charge on any atom is -0.369 e. The van der Waals surface area contributed by atoms with Crippen molar-refractivity contribution in [3.8, 4) is 0 Å². The molecule has 0 fully saturated rings. The van der Waals surface area contributed by atoms with Gasteiger partial charge in [-0.2, -0.15) is 0 Å². The predicted octanol–water partition coefficient (Wildman–Crippen LogP) is 4.49. The molecule has 0 aliphatic rings. The van der Waals surface area contributed by atoms with Crippen molar-refractivity contribution >= 4 is 44.9 Å². The number of rotatable bonds is 4. The Balaban J connectivity index is 2.18. The lowest BCUT2D eigenvalue weighted by molar-refractivity contribution is 0.102. The lowest BCUT2D eigenvalue weighted by Gasteiger charge is -2.10. The van der Waals surface area contributed by atoms with Gasteiger partial charge in [0.25, 0.3) is 5.91 Å². The second-order valence-electron chi connectivity index (χ2n) is 4.52. The number of aromatic nitrogens is 1. The van der Waals surface area contributed by atoms with Gasteiger partial charge < -0.3 is 10.6 Å². The molecule has 0 aliphatic carbocycles. The van der Waals surface area contributed by atoms with Gasteiger partial charge in [0.05, 0.1) is 16.3 Å². The summed E-state index contributed by atoms with van der Waals surface area (Å²) in [5.74, 6) is 0.323. The van der Waals surface area contributed by atoms with Crippen molar-refractivity contribution in [2.45, 2.75) is 13.8 Å². The van der Waals surface area contributed by atoms with Crippen LogP contribution in [-0.4, -0.2) is 17.4 Å². The molecule has 0 unspecified atom stereocenters. The van der Waals surface area contributed by atoms with E-state index >= 15 is 0 Å². The van der Waals surface area contributed by atoms with Crippen LogP contribution in [0.5, 0.6) is 0 Å². The van der Waals surface area contributed by atoms with Gasteiger partial charge in [-0.3, -0.25) is 4.79 Å². The SMILES string of the molecule is CCNc1ncc(C(=O)Nc2ccc(C)cc2Br)cc1Cl. The third-order valence-corrected chi connectivity index (χ3v) is 3.76. The fourth-order valence-corrected chi connectivity index (χ4v) is 2.60. The first-order valence-electron chi connectivity index (χ1n) is 6.48. The number of anilines is 2. The fourth-order valence-electron chi connectivity index (χ4n) is 1.78. The quantitative estimate of drug-likeness (QED) is 0.836. The Kier molecular flexibility index (Phi) is 5.20. The molecule has 0 bridgehead atoms. The van der Waals surface area contributed by atoms with E-state index in [-0.39, 0.29) is 5.91 Å². The molecule has 0 saturated heterocycles. The second-order valence-corrected chi connectivity index (χ2v) is 5.78. The topological polar surface area (TPSA) is 54.0 Å². The van der Waals surface area contributed by atoms with Crippen LogP contribution in [0.1, 0.15) is 22.8 Å². The van der Waals surface area contributed by atoms with Gasteiger partial charge in [0.15, 0.2) is 0 Å². The van der Waals surface area contributed by atoms with Gasteiger partial charge >= 0.3 is 0 Å². The van der Waals surface area contributed by atoms with Crippen LogP contribution in [0.25, 0.3) is 0 Å². The number of carbonyl (C=O) groups is 1. The third-order valence-electron chi connectivity index (χ3n) is 2.82. The Morgan fingerprint density at radius 2 is 2.14 bits per heavy atom. The van der Waals surface area contributed by atoms with E-state index in [1.54, 1.807) is 6.07 Å². The van der Waals surface area contributed by atoms with Gasteiger partial charge in [-0.15, -0.1) is 0 Å². The number of pyridine rings is 1. The molecule has 1 aromatic carbocycles. The monoisotopic (exact) mass is 367 g/mol. The molecule has 0 atom stereocenters. The number of hydrogen-bond donors (Lipinski definition) is 2. The minimum atomic E-state index is -0.253. The molecule has 2 N–H and O–H groups in total. The number of halogens is 2. The standard InChI is InChI=1S/C15H15BrClN3O/c1-3-18-14-12(17)7-10(8-19-14)15(21)20-13-5-4-9(2)6-11(13)16/h4-8H,3H2,1-2H3,(H,18,19)(H,20,21). The van der Waals surface area contributed by atoms with Gasteiger partial charge in [0.1, 0.15) is 5.82 Å². The molecule has 0 aliphatic heterocycles. The lowest BCUT2D eigenvalue weighted by atomic mass is 10.2. The highest BCUT2D eigenvalue weighted by Crippen LogP contribution is 2.25. The first-order chi connectivity index (χ1) is 10.0. The largest absolute Gasteiger partial charge is 0.369 e. The maximum atomic E-state index is 12.2. The first kappa shape index (κ1) is 15.8. The summed E-state index contributed by atoms with van der Waals surface area (Å²) in [5, 5.41) is 6.28. The number of nitrogens with one attached hydrogen (secondary N) is 2. The molecule has 110 valence electrons. The molecule has 2 rings (SSSR count). The van der Waals surface area contributed by atoms with E-state index in [2.05, 4.69) is 31.5 Å². The Bertz CT molecular complexity index is 676. The number of carbonyl (C=O) groups excluding carboxylic acids is 1. The van der Waals surface area contributed by atoms with Crippen LogP contribution in [0.4, 0.5) is 11.5 Å². The molecular weight excluding hydrogens is 354 g/mol. The van der Waals surface area contributed by atoms with Crippen molar-refractivity contribution in [1.82, 2.24) is 4.98 Å². The second kappa shape index (κ2) is 6.91. The van der Waals surface area contributed by atoms with Crippen LogP contribution in [0.2, 0.25) is 5.02 Å². The van der Waals surface area contributed by atoms with E-state index in [1.807, 2.05) is 32.0 Å². The van der Waals surface area contributed by atoms with Crippen molar-refractivity contribution in [3.05, 3.63) is 51.1 Å². The molecule has 6 heteroatoms. The van der Waals surface area contributed by atoms with Crippen molar-refractivity contribution in [3.63, 3.8) is 0 Å². The molecule has 0 radical (unpaired) electrons. The van der Waals surface area contributed by atoms with Crippen molar-refractivity contribution in [1.29, 1.82) is 0 Å². The summed E-state index contributed by atoms with van der Waals surface area (Å²) in [6.07, 6.45) is 1.50. The Morgan fingerprint density at radius 1 is 1.38 bits per heavy atom. The van der Waals surface area contributed by atoms with Gasteiger partial charge in [0, 0.05) is 17.2 Å². The highest BCUT2D eigenvalue weighted by atomic mass is 79.9. The maximum absolute atomic E-state index is 12.2. The number of amides is 1. The molecular formula is C15H15BrClN3O. The summed E-state index contributed by atoms with van der Waals surface area (Å²) >= 11 is 9.52. The van der Waals surface area contributed by atoms with E-state index < -0.39 is 0 Å². The smallest absolute Gasteiger partial charge is 0.257 e. The summed E-state index contributed by atoms with van der Waals surface area (Å²) < 4.78 is 0.833. The Labute approximate surface area is 137 Å². The van der Waals surface area contributed by atoms with E-state index in [4.69, 9.17) is 11.6 Å². The summed E-state index contributed by atoms with van der Waals surface area (Å²) in [4.78, 5) is 16.4. The van der Waals surface area contributed by atoms with Crippen molar-refractivity contribution < 1.29 is 4.79 Å². The van der Waals surface area contributed by atoms with Crippen molar-refractivity contribution in [2.24, 2.45) is 0 Å². The Hall–Kier alpha value is -1.59. The molecule has 4 nitrogen and oxygen atoms in total. The molecule has 0 spiro atoms. The van der Waals surface area contributed by atoms with Gasteiger partial charge in [-0.05, 0) is 53.5 Å². The van der Waals surface area contributed by atoms with Crippen molar-refractivity contribution in [2.75, 3.05) is 17.2 Å². The van der Waals surface area contributed by atoms with E-state index in [0.717, 1.165) is 10.0 Å². The average molecular weight is 369 g/mol. The van der Waals surface area contributed by atoms with Crippen LogP contribution < -0.4 is 10.6 Å². The zero-order valence-electron chi connectivity index (χ0n) is 11.7. The average Bonchev–Trinajstić information content (AvgIpc) is 2.44. The maximum Gasteiger partial charge on any atom is 0.257 e. The number of hydrogen-bond acceptors (Lipinski definition) is 3. The summed E-state index contributed by atoms with van der Waals surface area (Å²) in [7, 11) is 0. The van der Waals surface area contributed by atoms with Crippen LogP contribution in [0.15, 0.2) is 34.9 Å². The molecule has 1 heterocycles. The van der Waals surface area contributed by atoms with Crippen LogP contribution >= 0.6 is 27.5 Å². The lowest BCUT2D eigenvalue weighted by Crippen LogP contribution is -2.13. The van der Waals surface area contributed by atoms with Crippen LogP contribution in [0.3, 0.4) is 0 Å². The zero-order valence-corrected chi connectivity index (χ0v) is 14.0. The number of nitrogens with zero attached hydrogens (tertiary/aromatic N) is 1. The summed E-state index contributed by atoms with van der Waals surface area (Å²) in [6, 6.07) is 7.32. The van der Waals surface area contributed by atoms with E-state index in [9.17, 15) is 4.79 Å². The van der Waals surface area contributed by atoms with Gasteiger partial charge in [-0.1, -0.05) is 17.7 Å². The van der Waals surface area contributed by atoms with Crippen LogP contribution in [-0.2, 0) is 0 Å². The van der Waals surface area contributed by atoms with Crippen LogP contribution in [0, 0.1) is 6.92 Å². The number of aryl methyl sites for hydroxylation is 1. The molecule has 2 aromatic rings. The first-order valence-corrected chi connectivity index (χ1v) is 7.65. The summed E-state index contributed by atoms with van der Waals surface area (Å²) in [5.41, 5.74) is 2.23.